The van der Waals surface area contributed by atoms with Crippen molar-refractivity contribution in [3.63, 3.8) is 0 Å². The van der Waals surface area contributed by atoms with E-state index in [9.17, 15) is 4.79 Å². The molecule has 0 spiro atoms. The van der Waals surface area contributed by atoms with E-state index in [1.165, 1.54) is 13.2 Å². The molecule has 0 unspecified atom stereocenters. The largest absolute Gasteiger partial charge is 0.466 e. The number of aryl methyl sites for hydroxylation is 1. The predicted octanol–water partition coefficient (Wildman–Crippen LogP) is 2.08. The molecule has 0 N–H and O–H groups in total. The van der Waals surface area contributed by atoms with E-state index >= 15 is 0 Å². The van der Waals surface area contributed by atoms with Gasteiger partial charge in [0.05, 0.1) is 7.11 Å². The summed E-state index contributed by atoms with van der Waals surface area (Å²) in [5.41, 5.74) is 1.03. The van der Waals surface area contributed by atoms with Gasteiger partial charge in [-0.2, -0.15) is 0 Å². The molecule has 0 aliphatic carbocycles. The summed E-state index contributed by atoms with van der Waals surface area (Å²) in [6, 6.07) is 3.93. The van der Waals surface area contributed by atoms with Gasteiger partial charge < -0.3 is 9.30 Å². The first-order valence-electron chi connectivity index (χ1n) is 4.69. The van der Waals surface area contributed by atoms with Gasteiger partial charge in [0, 0.05) is 24.5 Å². The fraction of sp³-hybridized carbons (Fsp3) is 0.364. The number of aromatic nitrogens is 1. The molecule has 3 nitrogen and oxygen atoms in total. The lowest BCUT2D eigenvalue weighted by atomic mass is 10.3. The van der Waals surface area contributed by atoms with Crippen LogP contribution in [0.4, 0.5) is 0 Å². The van der Waals surface area contributed by atoms with Crippen molar-refractivity contribution in [1.29, 1.82) is 0 Å². The second-order valence-electron chi connectivity index (χ2n) is 2.98. The molecule has 0 aromatic carbocycles. The first-order valence-corrected chi connectivity index (χ1v) is 4.69. The average molecular weight is 193 g/mol. The van der Waals surface area contributed by atoms with E-state index in [0.717, 1.165) is 18.7 Å². The lowest BCUT2D eigenvalue weighted by Crippen LogP contribution is -1.98. The van der Waals surface area contributed by atoms with Gasteiger partial charge in [-0.15, -0.1) is 0 Å². The molecule has 1 rings (SSSR count). The predicted molar refractivity (Wildman–Crippen MR) is 55.8 cm³/mol. The van der Waals surface area contributed by atoms with Crippen LogP contribution >= 0.6 is 0 Å². The summed E-state index contributed by atoms with van der Waals surface area (Å²) in [4.78, 5) is 10.9. The average Bonchev–Trinajstić information content (AvgIpc) is 2.62. The number of carbonyl (C=O) groups excluding carboxylic acids is 1. The Hall–Kier alpha value is -1.51. The highest BCUT2D eigenvalue weighted by Crippen LogP contribution is 2.05. The number of esters is 1. The fourth-order valence-electron chi connectivity index (χ4n) is 1.24. The second-order valence-corrected chi connectivity index (χ2v) is 2.98. The van der Waals surface area contributed by atoms with Crippen LogP contribution in [0, 0.1) is 0 Å². The second kappa shape index (κ2) is 5.27. The summed E-state index contributed by atoms with van der Waals surface area (Å²) < 4.78 is 6.61. The number of nitrogens with zero attached hydrogens (tertiary/aromatic N) is 1. The van der Waals surface area contributed by atoms with E-state index in [1.54, 1.807) is 6.08 Å². The van der Waals surface area contributed by atoms with Crippen molar-refractivity contribution in [1.82, 2.24) is 4.57 Å². The van der Waals surface area contributed by atoms with E-state index < -0.39 is 0 Å². The lowest BCUT2D eigenvalue weighted by molar-refractivity contribution is -0.134. The van der Waals surface area contributed by atoms with Crippen LogP contribution in [0.1, 0.15) is 19.0 Å². The molecule has 0 aliphatic rings. The van der Waals surface area contributed by atoms with Crippen molar-refractivity contribution in [3.8, 4) is 0 Å². The molecule has 0 radical (unpaired) electrons. The third-order valence-corrected chi connectivity index (χ3v) is 1.92. The molecule has 1 aromatic rings. The Labute approximate surface area is 84.0 Å². The zero-order chi connectivity index (χ0) is 10.4. The molecule has 0 fully saturated rings. The first-order chi connectivity index (χ1) is 6.77. The molecular weight excluding hydrogens is 178 g/mol. The van der Waals surface area contributed by atoms with Crippen molar-refractivity contribution >= 4 is 12.0 Å². The van der Waals surface area contributed by atoms with E-state index in [0.29, 0.717) is 0 Å². The Kier molecular flexibility index (Phi) is 3.98. The molecule has 76 valence electrons. The molecule has 0 saturated heterocycles. The highest BCUT2D eigenvalue weighted by Gasteiger charge is 1.96. The molecule has 0 amide bonds. The fourth-order valence-corrected chi connectivity index (χ4v) is 1.24. The summed E-state index contributed by atoms with van der Waals surface area (Å²) in [6.07, 6.45) is 6.27. The Morgan fingerprint density at radius 1 is 1.64 bits per heavy atom. The van der Waals surface area contributed by atoms with Gasteiger partial charge in [0.15, 0.2) is 0 Å². The quantitative estimate of drug-likeness (QED) is 0.541. The van der Waals surface area contributed by atoms with Gasteiger partial charge in [-0.1, -0.05) is 6.92 Å². The third kappa shape index (κ3) is 2.76. The molecule has 0 aliphatic heterocycles. The van der Waals surface area contributed by atoms with Crippen LogP contribution in [0.25, 0.3) is 6.08 Å². The van der Waals surface area contributed by atoms with Crippen molar-refractivity contribution in [2.75, 3.05) is 7.11 Å². The Bertz CT molecular complexity index is 326. The number of hydrogen-bond donors (Lipinski definition) is 0. The van der Waals surface area contributed by atoms with E-state index in [2.05, 4.69) is 16.2 Å². The monoisotopic (exact) mass is 193 g/mol. The Balaban J connectivity index is 2.70. The summed E-state index contributed by atoms with van der Waals surface area (Å²) in [5.74, 6) is -0.325. The molecule has 0 atom stereocenters. The van der Waals surface area contributed by atoms with Crippen molar-refractivity contribution in [2.24, 2.45) is 0 Å². The minimum Gasteiger partial charge on any atom is -0.466 e. The van der Waals surface area contributed by atoms with E-state index in [1.807, 2.05) is 18.3 Å². The zero-order valence-electron chi connectivity index (χ0n) is 8.56. The molecule has 1 heterocycles. The van der Waals surface area contributed by atoms with Crippen LogP contribution in [0.5, 0.6) is 0 Å². The smallest absolute Gasteiger partial charge is 0.330 e. The van der Waals surface area contributed by atoms with Gasteiger partial charge in [0.2, 0.25) is 0 Å². The molecule has 0 saturated carbocycles. The normalized spacial score (nSPS) is 10.7. The SMILES string of the molecule is CCCn1cccc1/C=C/C(=O)OC. The van der Waals surface area contributed by atoms with Gasteiger partial charge in [-0.25, -0.2) is 4.79 Å². The highest BCUT2D eigenvalue weighted by molar-refractivity contribution is 5.86. The summed E-state index contributed by atoms with van der Waals surface area (Å²) in [5, 5.41) is 0. The summed E-state index contributed by atoms with van der Waals surface area (Å²) >= 11 is 0. The zero-order valence-corrected chi connectivity index (χ0v) is 8.56. The molecule has 3 heteroatoms. The Morgan fingerprint density at radius 3 is 3.07 bits per heavy atom. The minimum atomic E-state index is -0.325. The first kappa shape index (κ1) is 10.6. The van der Waals surface area contributed by atoms with Crippen LogP contribution in [0.3, 0.4) is 0 Å². The van der Waals surface area contributed by atoms with E-state index in [4.69, 9.17) is 0 Å². The van der Waals surface area contributed by atoms with Gasteiger partial charge in [-0.3, -0.25) is 0 Å². The van der Waals surface area contributed by atoms with Gasteiger partial charge in [0.25, 0.3) is 0 Å². The van der Waals surface area contributed by atoms with Crippen LogP contribution in [-0.2, 0) is 16.1 Å². The van der Waals surface area contributed by atoms with Gasteiger partial charge in [0.1, 0.15) is 0 Å². The molecule has 0 bridgehead atoms. The van der Waals surface area contributed by atoms with Crippen LogP contribution < -0.4 is 0 Å². The number of methoxy groups -OCH3 is 1. The maximum atomic E-state index is 10.9. The van der Waals surface area contributed by atoms with Crippen LogP contribution in [-0.4, -0.2) is 17.6 Å². The number of rotatable bonds is 4. The number of carbonyl (C=O) groups is 1. The van der Waals surface area contributed by atoms with Crippen LogP contribution in [0.2, 0.25) is 0 Å². The molecule has 1 aromatic heterocycles. The number of hydrogen-bond acceptors (Lipinski definition) is 2. The molecular formula is C11H15NO2. The highest BCUT2D eigenvalue weighted by atomic mass is 16.5. The van der Waals surface area contributed by atoms with E-state index in [-0.39, 0.29) is 5.97 Å². The number of ether oxygens (including phenoxy) is 1. The van der Waals surface area contributed by atoms with Crippen molar-refractivity contribution < 1.29 is 9.53 Å². The summed E-state index contributed by atoms with van der Waals surface area (Å²) in [7, 11) is 1.37. The molecule has 14 heavy (non-hydrogen) atoms. The topological polar surface area (TPSA) is 31.2 Å². The minimum absolute atomic E-state index is 0.325. The third-order valence-electron chi connectivity index (χ3n) is 1.92. The van der Waals surface area contributed by atoms with Gasteiger partial charge >= 0.3 is 5.97 Å². The summed E-state index contributed by atoms with van der Waals surface area (Å²) in [6.45, 7) is 3.08. The van der Waals surface area contributed by atoms with Crippen molar-refractivity contribution in [2.45, 2.75) is 19.9 Å². The maximum Gasteiger partial charge on any atom is 0.330 e. The lowest BCUT2D eigenvalue weighted by Gasteiger charge is -2.02. The maximum absolute atomic E-state index is 10.9. The Morgan fingerprint density at radius 2 is 2.43 bits per heavy atom. The van der Waals surface area contributed by atoms with Gasteiger partial charge in [-0.05, 0) is 24.6 Å². The van der Waals surface area contributed by atoms with Crippen molar-refractivity contribution in [3.05, 3.63) is 30.1 Å². The van der Waals surface area contributed by atoms with Crippen LogP contribution in [0.15, 0.2) is 24.4 Å². The standard InChI is InChI=1S/C11H15NO2/c1-3-8-12-9-4-5-10(12)6-7-11(13)14-2/h4-7,9H,3,8H2,1-2H3/b7-6+.